The molecule has 1 aliphatic carbocycles. The van der Waals surface area contributed by atoms with Gasteiger partial charge in [-0.05, 0) is 61.7 Å². The van der Waals surface area contributed by atoms with Crippen LogP contribution in [0.3, 0.4) is 0 Å². The van der Waals surface area contributed by atoms with Crippen LogP contribution in [0.4, 0.5) is 0 Å². The molecule has 0 radical (unpaired) electrons. The van der Waals surface area contributed by atoms with Crippen LogP contribution in [0, 0.1) is 11.8 Å². The second kappa shape index (κ2) is 14.7. The van der Waals surface area contributed by atoms with E-state index < -0.39 is 0 Å². The third-order valence-electron chi connectivity index (χ3n) is 6.33. The highest BCUT2D eigenvalue weighted by molar-refractivity contribution is 8.04. The van der Waals surface area contributed by atoms with E-state index in [0.717, 1.165) is 44.9 Å². The molecule has 3 N–H and O–H groups in total. The average Bonchev–Trinajstić information content (AvgIpc) is 3.30. The first kappa shape index (κ1) is 26.0. The number of carbonyl (C=O) groups is 1. The molecule has 1 aliphatic heterocycles. The Labute approximate surface area is 190 Å². The van der Waals surface area contributed by atoms with E-state index in [1.54, 1.807) is 11.8 Å². The SMILES string of the molecule is O=C(OCCO)C1CC=C(CCC[C@H]2C(Cl)C[C@@H](O)C2CCCCCCCCO)S1. The molecule has 2 rings (SSSR count). The zero-order chi connectivity index (χ0) is 21.8. The molecule has 0 saturated heterocycles. The number of hydrogen-bond acceptors (Lipinski definition) is 6. The molecule has 1 heterocycles. The van der Waals surface area contributed by atoms with Crippen LogP contribution in [0.1, 0.15) is 77.0 Å². The number of carbonyl (C=O) groups excluding carboxylic acids is 1. The minimum absolute atomic E-state index is 0.0565. The molecule has 0 bridgehead atoms. The van der Waals surface area contributed by atoms with E-state index >= 15 is 0 Å². The molecule has 5 nitrogen and oxygen atoms in total. The van der Waals surface area contributed by atoms with Crippen LogP contribution in [-0.2, 0) is 9.53 Å². The minimum Gasteiger partial charge on any atom is -0.462 e. The molecule has 0 aromatic heterocycles. The molecule has 2 aliphatic rings. The van der Waals surface area contributed by atoms with Gasteiger partial charge in [-0.3, -0.25) is 4.79 Å². The molecule has 3 unspecified atom stereocenters. The van der Waals surface area contributed by atoms with Gasteiger partial charge in [-0.15, -0.1) is 23.4 Å². The van der Waals surface area contributed by atoms with Gasteiger partial charge in [0.2, 0.25) is 0 Å². The maximum absolute atomic E-state index is 11.9. The zero-order valence-electron chi connectivity index (χ0n) is 18.0. The molecular formula is C23H39ClO5S. The number of hydrogen-bond donors (Lipinski definition) is 3. The van der Waals surface area contributed by atoms with Crippen molar-refractivity contribution in [3.05, 3.63) is 11.0 Å². The summed E-state index contributed by atoms with van der Waals surface area (Å²) in [7, 11) is 0. The molecule has 7 heteroatoms. The van der Waals surface area contributed by atoms with Crippen LogP contribution < -0.4 is 0 Å². The number of halogens is 1. The first-order valence-electron chi connectivity index (χ1n) is 11.6. The first-order valence-corrected chi connectivity index (χ1v) is 12.9. The largest absolute Gasteiger partial charge is 0.462 e. The molecule has 0 aromatic rings. The van der Waals surface area contributed by atoms with Gasteiger partial charge in [0, 0.05) is 12.0 Å². The predicted molar refractivity (Wildman–Crippen MR) is 123 cm³/mol. The molecule has 0 spiro atoms. The molecule has 1 fully saturated rings. The van der Waals surface area contributed by atoms with Gasteiger partial charge in [-0.25, -0.2) is 0 Å². The lowest BCUT2D eigenvalue weighted by molar-refractivity contribution is -0.143. The van der Waals surface area contributed by atoms with Crippen LogP contribution in [0.2, 0.25) is 0 Å². The second-order valence-electron chi connectivity index (χ2n) is 8.58. The lowest BCUT2D eigenvalue weighted by Crippen LogP contribution is -2.21. The highest BCUT2D eigenvalue weighted by Crippen LogP contribution is 2.43. The minimum atomic E-state index is -0.280. The Morgan fingerprint density at radius 1 is 1.03 bits per heavy atom. The Morgan fingerprint density at radius 2 is 1.73 bits per heavy atom. The van der Waals surface area contributed by atoms with Crippen molar-refractivity contribution in [2.45, 2.75) is 93.8 Å². The number of allylic oxidation sites excluding steroid dienone is 2. The molecule has 1 saturated carbocycles. The summed E-state index contributed by atoms with van der Waals surface area (Å²) >= 11 is 8.17. The van der Waals surface area contributed by atoms with Gasteiger partial charge >= 0.3 is 5.97 Å². The van der Waals surface area contributed by atoms with E-state index in [-0.39, 0.29) is 42.5 Å². The highest BCUT2D eigenvalue weighted by atomic mass is 35.5. The summed E-state index contributed by atoms with van der Waals surface area (Å²) < 4.78 is 5.02. The molecule has 5 atom stereocenters. The topological polar surface area (TPSA) is 87.0 Å². The summed E-state index contributed by atoms with van der Waals surface area (Å²) in [5, 5.41) is 28.0. The van der Waals surface area contributed by atoms with Gasteiger partial charge in [0.15, 0.2) is 0 Å². The van der Waals surface area contributed by atoms with Gasteiger partial charge in [0.05, 0.1) is 12.7 Å². The lowest BCUT2D eigenvalue weighted by Gasteiger charge is -2.23. The van der Waals surface area contributed by atoms with E-state index in [0.29, 0.717) is 24.7 Å². The Morgan fingerprint density at radius 3 is 2.47 bits per heavy atom. The first-order chi connectivity index (χ1) is 14.6. The van der Waals surface area contributed by atoms with Gasteiger partial charge in [0.1, 0.15) is 11.9 Å². The molecule has 174 valence electrons. The number of aliphatic hydroxyl groups excluding tert-OH is 3. The highest BCUT2D eigenvalue weighted by Gasteiger charge is 2.40. The molecule has 0 aromatic carbocycles. The fraction of sp³-hybridized carbons (Fsp3) is 0.870. The maximum atomic E-state index is 11.9. The van der Waals surface area contributed by atoms with E-state index in [1.807, 2.05) is 0 Å². The van der Waals surface area contributed by atoms with Crippen molar-refractivity contribution in [2.24, 2.45) is 11.8 Å². The standard InChI is InChI=1S/C23H39ClO5S/c24-20-16-21(27)19(9-5-3-1-2-4-6-13-25)18(20)10-7-8-17-11-12-22(30-17)23(28)29-15-14-26/h11,18-22,25-27H,1-10,12-16H2/t18-,19?,20?,21-,22?/m1/s1. The Bertz CT molecular complexity index is 530. The summed E-state index contributed by atoms with van der Waals surface area (Å²) in [5.74, 6) is 0.432. The van der Waals surface area contributed by atoms with E-state index in [9.17, 15) is 9.90 Å². The fourth-order valence-electron chi connectivity index (χ4n) is 4.71. The number of thioether (sulfide) groups is 1. The number of esters is 1. The van der Waals surface area contributed by atoms with Crippen LogP contribution in [0.25, 0.3) is 0 Å². The zero-order valence-corrected chi connectivity index (χ0v) is 19.6. The van der Waals surface area contributed by atoms with Gasteiger partial charge in [0.25, 0.3) is 0 Å². The van der Waals surface area contributed by atoms with Crippen molar-refractivity contribution in [2.75, 3.05) is 19.8 Å². The molecular weight excluding hydrogens is 424 g/mol. The third kappa shape index (κ3) is 8.70. The Kier molecular flexibility index (Phi) is 12.8. The molecule has 0 amide bonds. The van der Waals surface area contributed by atoms with Crippen molar-refractivity contribution in [1.82, 2.24) is 0 Å². The van der Waals surface area contributed by atoms with E-state index in [2.05, 4.69) is 6.08 Å². The van der Waals surface area contributed by atoms with Crippen molar-refractivity contribution < 1.29 is 24.9 Å². The fourth-order valence-corrected chi connectivity index (χ4v) is 6.38. The van der Waals surface area contributed by atoms with Crippen molar-refractivity contribution >= 4 is 29.3 Å². The number of ether oxygens (including phenoxy) is 1. The number of unbranched alkanes of at least 4 members (excludes halogenated alkanes) is 5. The summed E-state index contributed by atoms with van der Waals surface area (Å²) in [4.78, 5) is 13.2. The van der Waals surface area contributed by atoms with Crippen molar-refractivity contribution in [3.63, 3.8) is 0 Å². The van der Waals surface area contributed by atoms with Crippen LogP contribution in [-0.4, -0.2) is 57.8 Å². The smallest absolute Gasteiger partial charge is 0.319 e. The normalized spacial score (nSPS) is 28.7. The Balaban J connectivity index is 1.65. The van der Waals surface area contributed by atoms with Gasteiger partial charge in [-0.1, -0.05) is 38.2 Å². The predicted octanol–water partition coefficient (Wildman–Crippen LogP) is 4.41. The number of aliphatic hydroxyl groups is 3. The molecule has 30 heavy (non-hydrogen) atoms. The summed E-state index contributed by atoms with van der Waals surface area (Å²) in [5.41, 5.74) is 0. The second-order valence-corrected chi connectivity index (χ2v) is 10.5. The van der Waals surface area contributed by atoms with Gasteiger partial charge in [-0.2, -0.15) is 0 Å². The third-order valence-corrected chi connectivity index (χ3v) is 8.18. The van der Waals surface area contributed by atoms with Crippen LogP contribution in [0.5, 0.6) is 0 Å². The summed E-state index contributed by atoms with van der Waals surface area (Å²) in [6.45, 7) is 0.217. The van der Waals surface area contributed by atoms with Gasteiger partial charge < -0.3 is 20.1 Å². The quantitative estimate of drug-likeness (QED) is 0.190. The summed E-state index contributed by atoms with van der Waals surface area (Å²) in [6.07, 6.45) is 14.0. The lowest BCUT2D eigenvalue weighted by atomic mass is 9.86. The number of alkyl halides is 1. The van der Waals surface area contributed by atoms with Crippen molar-refractivity contribution in [1.29, 1.82) is 0 Å². The van der Waals surface area contributed by atoms with Crippen molar-refractivity contribution in [3.8, 4) is 0 Å². The summed E-state index contributed by atoms with van der Waals surface area (Å²) in [6, 6.07) is 0. The van der Waals surface area contributed by atoms with Crippen LogP contribution >= 0.6 is 23.4 Å². The van der Waals surface area contributed by atoms with E-state index in [4.69, 9.17) is 26.6 Å². The maximum Gasteiger partial charge on any atom is 0.319 e. The monoisotopic (exact) mass is 462 g/mol. The Hall–Kier alpha value is -0.270. The van der Waals surface area contributed by atoms with E-state index in [1.165, 1.54) is 24.2 Å². The van der Waals surface area contributed by atoms with Crippen LogP contribution in [0.15, 0.2) is 11.0 Å². The average molecular weight is 463 g/mol. The number of rotatable bonds is 15.